The first-order valence-electron chi connectivity index (χ1n) is 8.16. The second-order valence-corrected chi connectivity index (χ2v) is 6.78. The van der Waals surface area contributed by atoms with E-state index in [1.807, 2.05) is 6.07 Å². The Bertz CT molecular complexity index is 617. The van der Waals surface area contributed by atoms with Crippen LogP contribution in [-0.2, 0) is 4.79 Å². The van der Waals surface area contributed by atoms with Gasteiger partial charge in [0, 0.05) is 31.9 Å². The van der Waals surface area contributed by atoms with Gasteiger partial charge >= 0.3 is 0 Å². The van der Waals surface area contributed by atoms with Gasteiger partial charge in [0.05, 0.1) is 11.5 Å². The molecule has 4 aliphatic rings. The number of hydrogen-bond donors (Lipinski definition) is 0. The Labute approximate surface area is 130 Å². The monoisotopic (exact) mass is 296 g/mol. The first-order valence-corrected chi connectivity index (χ1v) is 8.16. The van der Waals surface area contributed by atoms with Crippen molar-refractivity contribution in [2.45, 2.75) is 31.7 Å². The fourth-order valence-corrected chi connectivity index (χ4v) is 3.69. The molecule has 1 aromatic heterocycles. The molecule has 1 aliphatic carbocycles. The van der Waals surface area contributed by atoms with E-state index < -0.39 is 0 Å². The summed E-state index contributed by atoms with van der Waals surface area (Å²) in [4.78, 5) is 21.5. The van der Waals surface area contributed by atoms with E-state index >= 15 is 0 Å². The lowest BCUT2D eigenvalue weighted by Crippen LogP contribution is -2.48. The van der Waals surface area contributed by atoms with Gasteiger partial charge in [-0.1, -0.05) is 0 Å². The minimum Gasteiger partial charge on any atom is -0.354 e. The molecule has 3 aliphatic heterocycles. The van der Waals surface area contributed by atoms with Crippen LogP contribution in [0.3, 0.4) is 0 Å². The molecule has 0 N–H and O–H groups in total. The van der Waals surface area contributed by atoms with Crippen molar-refractivity contribution in [1.82, 2.24) is 9.88 Å². The van der Waals surface area contributed by atoms with Gasteiger partial charge in [-0.05, 0) is 43.7 Å². The summed E-state index contributed by atoms with van der Waals surface area (Å²) < 4.78 is 0. The number of rotatable bonds is 3. The van der Waals surface area contributed by atoms with Crippen LogP contribution in [0, 0.1) is 23.2 Å². The summed E-state index contributed by atoms with van der Waals surface area (Å²) in [5.41, 5.74) is 0.577. The first-order chi connectivity index (χ1) is 10.7. The Balaban J connectivity index is 1.56. The van der Waals surface area contributed by atoms with Gasteiger partial charge in [0.1, 0.15) is 11.9 Å². The van der Waals surface area contributed by atoms with Gasteiger partial charge in [0.2, 0.25) is 5.91 Å². The van der Waals surface area contributed by atoms with Crippen molar-refractivity contribution in [3.63, 3.8) is 0 Å². The summed E-state index contributed by atoms with van der Waals surface area (Å²) in [6.45, 7) is 2.58. The van der Waals surface area contributed by atoms with Gasteiger partial charge < -0.3 is 9.80 Å². The molecule has 5 rings (SSSR count). The fraction of sp³-hybridized carbons (Fsp3) is 0.588. The molecule has 0 aromatic carbocycles. The normalized spacial score (nSPS) is 27.7. The molecule has 2 bridgehead atoms. The van der Waals surface area contributed by atoms with Crippen molar-refractivity contribution in [2.24, 2.45) is 11.8 Å². The summed E-state index contributed by atoms with van der Waals surface area (Å²) in [5.74, 6) is 2.08. The number of carbonyl (C=O) groups excluding carboxylic acids is 1. The van der Waals surface area contributed by atoms with Crippen LogP contribution in [0.25, 0.3) is 0 Å². The highest BCUT2D eigenvalue weighted by Gasteiger charge is 2.42. The zero-order valence-corrected chi connectivity index (χ0v) is 12.6. The zero-order chi connectivity index (χ0) is 15.1. The Morgan fingerprint density at radius 2 is 2.09 bits per heavy atom. The first kappa shape index (κ1) is 13.6. The SMILES string of the molecule is N#Cc1ccc(N2C[C@@H]3CC[C@H](C2)N(CC2CC2)C3=O)nc1. The van der Waals surface area contributed by atoms with Crippen LogP contribution < -0.4 is 4.90 Å². The summed E-state index contributed by atoms with van der Waals surface area (Å²) in [6, 6.07) is 6.13. The summed E-state index contributed by atoms with van der Waals surface area (Å²) >= 11 is 0. The summed E-state index contributed by atoms with van der Waals surface area (Å²) in [6.07, 6.45) is 6.28. The molecule has 5 nitrogen and oxygen atoms in total. The van der Waals surface area contributed by atoms with E-state index in [-0.39, 0.29) is 5.92 Å². The quantitative estimate of drug-likeness (QED) is 0.853. The van der Waals surface area contributed by atoms with Crippen molar-refractivity contribution in [1.29, 1.82) is 5.26 Å². The molecule has 5 heteroatoms. The predicted octanol–water partition coefficient (Wildman–Crippen LogP) is 1.79. The maximum absolute atomic E-state index is 12.7. The highest BCUT2D eigenvalue weighted by Crippen LogP contribution is 2.36. The fourth-order valence-electron chi connectivity index (χ4n) is 3.69. The topological polar surface area (TPSA) is 60.2 Å². The van der Waals surface area contributed by atoms with Crippen LogP contribution in [0.5, 0.6) is 0 Å². The number of aromatic nitrogens is 1. The molecule has 2 atom stereocenters. The van der Waals surface area contributed by atoms with Crippen LogP contribution in [-0.4, -0.2) is 41.5 Å². The second kappa shape index (κ2) is 5.28. The molecular weight excluding hydrogens is 276 g/mol. The number of anilines is 1. The Hall–Kier alpha value is -2.09. The third kappa shape index (κ3) is 2.43. The summed E-state index contributed by atoms with van der Waals surface area (Å²) in [7, 11) is 0. The number of fused-ring (bicyclic) bond motifs is 4. The molecule has 3 saturated heterocycles. The lowest BCUT2D eigenvalue weighted by atomic mass is 9.94. The van der Waals surface area contributed by atoms with E-state index in [2.05, 4.69) is 20.9 Å². The minimum absolute atomic E-state index is 0.106. The number of carbonyl (C=O) groups is 1. The van der Waals surface area contributed by atoms with E-state index in [4.69, 9.17) is 5.26 Å². The summed E-state index contributed by atoms with van der Waals surface area (Å²) in [5, 5.41) is 8.88. The van der Waals surface area contributed by atoms with Crippen LogP contribution in [0.1, 0.15) is 31.2 Å². The zero-order valence-electron chi connectivity index (χ0n) is 12.6. The smallest absolute Gasteiger partial charge is 0.227 e. The van der Waals surface area contributed by atoms with Crippen molar-refractivity contribution < 1.29 is 4.79 Å². The van der Waals surface area contributed by atoms with Crippen molar-refractivity contribution in [2.75, 3.05) is 24.5 Å². The van der Waals surface area contributed by atoms with Crippen molar-refractivity contribution in [3.8, 4) is 6.07 Å². The van der Waals surface area contributed by atoms with Crippen molar-refractivity contribution in [3.05, 3.63) is 23.9 Å². The number of hydrogen-bond acceptors (Lipinski definition) is 4. The average Bonchev–Trinajstić information content (AvgIpc) is 3.38. The number of nitriles is 1. The molecule has 0 radical (unpaired) electrons. The molecule has 1 saturated carbocycles. The molecule has 4 fully saturated rings. The van der Waals surface area contributed by atoms with E-state index in [9.17, 15) is 4.79 Å². The third-order valence-electron chi connectivity index (χ3n) is 5.15. The molecule has 1 amide bonds. The molecule has 22 heavy (non-hydrogen) atoms. The maximum atomic E-state index is 12.7. The van der Waals surface area contributed by atoms with Crippen molar-refractivity contribution >= 4 is 11.7 Å². The van der Waals surface area contributed by atoms with Gasteiger partial charge in [0.15, 0.2) is 0 Å². The average molecular weight is 296 g/mol. The van der Waals surface area contributed by atoms with E-state index in [1.54, 1.807) is 12.3 Å². The van der Waals surface area contributed by atoms with E-state index in [0.717, 1.165) is 44.2 Å². The molecule has 114 valence electrons. The number of piperidine rings is 1. The number of nitrogens with zero attached hydrogens (tertiary/aromatic N) is 4. The predicted molar refractivity (Wildman–Crippen MR) is 82.1 cm³/mol. The lowest BCUT2D eigenvalue weighted by molar-refractivity contribution is -0.140. The second-order valence-electron chi connectivity index (χ2n) is 6.78. The standard InChI is InChI=1S/C17H20N4O/c18-7-13-3-6-16(19-8-13)20-10-14-4-5-15(11-20)21(17(14)22)9-12-1-2-12/h3,6,8,12,14-15H,1-2,4-5,9-11H2/t14-,15+/m0/s1. The van der Waals surface area contributed by atoms with Gasteiger partial charge in [-0.2, -0.15) is 5.26 Å². The molecule has 0 spiro atoms. The van der Waals surface area contributed by atoms with Gasteiger partial charge in [-0.25, -0.2) is 4.98 Å². The Morgan fingerprint density at radius 3 is 2.77 bits per heavy atom. The highest BCUT2D eigenvalue weighted by molar-refractivity contribution is 5.81. The number of amides is 1. The van der Waals surface area contributed by atoms with Gasteiger partial charge in [0.25, 0.3) is 0 Å². The van der Waals surface area contributed by atoms with Crippen LogP contribution in [0.4, 0.5) is 5.82 Å². The molecular formula is C17H20N4O. The maximum Gasteiger partial charge on any atom is 0.227 e. The largest absolute Gasteiger partial charge is 0.354 e. The van der Waals surface area contributed by atoms with E-state index in [0.29, 0.717) is 17.5 Å². The van der Waals surface area contributed by atoms with Gasteiger partial charge in [-0.3, -0.25) is 4.79 Å². The van der Waals surface area contributed by atoms with Crippen LogP contribution in [0.15, 0.2) is 18.3 Å². The van der Waals surface area contributed by atoms with Crippen LogP contribution >= 0.6 is 0 Å². The number of pyridine rings is 1. The molecule has 4 heterocycles. The highest BCUT2D eigenvalue weighted by atomic mass is 16.2. The molecule has 0 unspecified atom stereocenters. The minimum atomic E-state index is 0.106. The lowest BCUT2D eigenvalue weighted by Gasteiger charge is -2.36. The van der Waals surface area contributed by atoms with E-state index in [1.165, 1.54) is 12.8 Å². The Kier molecular flexibility index (Phi) is 3.25. The Morgan fingerprint density at radius 1 is 1.23 bits per heavy atom. The third-order valence-corrected chi connectivity index (χ3v) is 5.15. The van der Waals surface area contributed by atoms with Crippen LogP contribution in [0.2, 0.25) is 0 Å². The van der Waals surface area contributed by atoms with Gasteiger partial charge in [-0.15, -0.1) is 0 Å². The molecule has 1 aromatic rings.